The molecule has 1 amide bonds. The van der Waals surface area contributed by atoms with Crippen molar-refractivity contribution in [2.45, 2.75) is 120 Å². The zero-order chi connectivity index (χ0) is 30.0. The van der Waals surface area contributed by atoms with Crippen LogP contribution in [0.25, 0.3) is 11.5 Å². The molecule has 1 unspecified atom stereocenters. The number of rotatable bonds is 21. The Balaban J connectivity index is 1.16. The SMILES string of the molecule is CCCCCCCCCCCCCCCCCCN=C1NN(c2ccccc2)C(=O)C1Sc1nnc(-c2ccccc2)o1. The van der Waals surface area contributed by atoms with Gasteiger partial charge < -0.3 is 4.42 Å². The van der Waals surface area contributed by atoms with Gasteiger partial charge in [0.1, 0.15) is 5.84 Å². The lowest BCUT2D eigenvalue weighted by Crippen LogP contribution is -2.35. The van der Waals surface area contributed by atoms with Gasteiger partial charge in [-0.05, 0) is 42.4 Å². The number of para-hydroxylation sites is 1. The van der Waals surface area contributed by atoms with Gasteiger partial charge in [-0.3, -0.25) is 15.2 Å². The van der Waals surface area contributed by atoms with Crippen LogP contribution in [0.3, 0.4) is 0 Å². The van der Waals surface area contributed by atoms with E-state index in [1.165, 1.54) is 102 Å². The largest absolute Gasteiger partial charge is 0.411 e. The highest BCUT2D eigenvalue weighted by Gasteiger charge is 2.40. The van der Waals surface area contributed by atoms with E-state index in [2.05, 4.69) is 22.5 Å². The van der Waals surface area contributed by atoms with Gasteiger partial charge >= 0.3 is 0 Å². The van der Waals surface area contributed by atoms with Crippen LogP contribution in [-0.4, -0.2) is 33.7 Å². The number of hydrogen-bond acceptors (Lipinski definition) is 6. The smallest absolute Gasteiger partial charge is 0.278 e. The van der Waals surface area contributed by atoms with Crippen LogP contribution in [0.1, 0.15) is 110 Å². The van der Waals surface area contributed by atoms with Crippen LogP contribution in [0.15, 0.2) is 75.3 Å². The summed E-state index contributed by atoms with van der Waals surface area (Å²) in [6, 6.07) is 19.2. The molecule has 0 radical (unpaired) electrons. The molecule has 2 aromatic carbocycles. The predicted octanol–water partition coefficient (Wildman–Crippen LogP) is 9.41. The fraction of sp³-hybridized carbons (Fsp3) is 0.543. The normalized spacial score (nSPS) is 15.8. The summed E-state index contributed by atoms with van der Waals surface area (Å²) in [7, 11) is 0. The number of nitrogens with zero attached hydrogens (tertiary/aromatic N) is 4. The van der Waals surface area contributed by atoms with Gasteiger partial charge in [0.2, 0.25) is 5.89 Å². The van der Waals surface area contributed by atoms with Crippen LogP contribution in [-0.2, 0) is 4.79 Å². The second-order valence-electron chi connectivity index (χ2n) is 11.4. The number of aliphatic imine (C=N–C) groups is 1. The summed E-state index contributed by atoms with van der Waals surface area (Å²) in [6.07, 6.45) is 21.5. The van der Waals surface area contributed by atoms with Crippen molar-refractivity contribution in [3.63, 3.8) is 0 Å². The molecule has 43 heavy (non-hydrogen) atoms. The molecular weight excluding hydrogens is 554 g/mol. The highest BCUT2D eigenvalue weighted by Crippen LogP contribution is 2.31. The van der Waals surface area contributed by atoms with Crippen LogP contribution in [0.5, 0.6) is 0 Å². The average molecular weight is 604 g/mol. The van der Waals surface area contributed by atoms with Gasteiger partial charge in [-0.2, -0.15) is 0 Å². The molecule has 0 spiro atoms. The van der Waals surface area contributed by atoms with Crippen LogP contribution in [0, 0.1) is 0 Å². The topological polar surface area (TPSA) is 83.6 Å². The van der Waals surface area contributed by atoms with Gasteiger partial charge in [-0.1, -0.05) is 140 Å². The minimum Gasteiger partial charge on any atom is -0.411 e. The van der Waals surface area contributed by atoms with E-state index >= 15 is 0 Å². The predicted molar refractivity (Wildman–Crippen MR) is 178 cm³/mol. The number of benzene rings is 2. The maximum absolute atomic E-state index is 13.5. The Morgan fingerprint density at radius 3 is 1.86 bits per heavy atom. The third-order valence-corrected chi connectivity index (χ3v) is 8.90. The Bertz CT molecular complexity index is 1220. The maximum atomic E-state index is 13.5. The van der Waals surface area contributed by atoms with Crippen LogP contribution in [0.4, 0.5) is 5.69 Å². The molecule has 232 valence electrons. The Morgan fingerprint density at radius 2 is 1.28 bits per heavy atom. The standard InChI is InChI=1S/C35H49N5O2S/c1-2-3-4-5-6-7-8-9-10-11-12-13-14-15-16-23-28-36-32-31(34(41)40(39-32)30-26-21-18-22-27-30)43-35-38-37-33(42-35)29-24-19-17-20-25-29/h17-22,24-27,31H,2-16,23,28H2,1H3,(H,36,39). The number of hydrazine groups is 1. The summed E-state index contributed by atoms with van der Waals surface area (Å²) >= 11 is 1.25. The van der Waals surface area contributed by atoms with E-state index in [0.29, 0.717) is 23.5 Å². The van der Waals surface area contributed by atoms with E-state index in [1.54, 1.807) is 5.01 Å². The zero-order valence-electron chi connectivity index (χ0n) is 25.9. The number of amides is 1. The lowest BCUT2D eigenvalue weighted by atomic mass is 10.0. The van der Waals surface area contributed by atoms with E-state index in [0.717, 1.165) is 24.1 Å². The van der Waals surface area contributed by atoms with E-state index < -0.39 is 5.25 Å². The lowest BCUT2D eigenvalue weighted by Gasteiger charge is -2.15. The molecule has 0 bridgehead atoms. The Kier molecular flexibility index (Phi) is 14.6. The number of nitrogens with one attached hydrogen (secondary N) is 1. The average Bonchev–Trinajstić information content (AvgIpc) is 3.64. The molecule has 0 aliphatic carbocycles. The molecule has 4 rings (SSSR count). The molecule has 8 heteroatoms. The summed E-state index contributed by atoms with van der Waals surface area (Å²) in [4.78, 5) is 18.3. The first kappa shape index (κ1) is 32.8. The fourth-order valence-electron chi connectivity index (χ4n) is 5.37. The summed E-state index contributed by atoms with van der Waals surface area (Å²) in [5.41, 5.74) is 4.87. The minimum absolute atomic E-state index is 0.0959. The summed E-state index contributed by atoms with van der Waals surface area (Å²) in [5, 5.41) is 9.74. The van der Waals surface area contributed by atoms with E-state index in [4.69, 9.17) is 9.41 Å². The Morgan fingerprint density at radius 1 is 0.744 bits per heavy atom. The van der Waals surface area contributed by atoms with E-state index in [-0.39, 0.29) is 5.91 Å². The van der Waals surface area contributed by atoms with Crippen LogP contribution in [0.2, 0.25) is 0 Å². The lowest BCUT2D eigenvalue weighted by molar-refractivity contribution is -0.116. The first-order valence-electron chi connectivity index (χ1n) is 16.5. The highest BCUT2D eigenvalue weighted by atomic mass is 32.2. The Hall–Kier alpha value is -3.13. The van der Waals surface area contributed by atoms with Crippen LogP contribution >= 0.6 is 11.8 Å². The molecule has 1 atom stereocenters. The van der Waals surface area contributed by atoms with Crippen molar-refractivity contribution in [1.82, 2.24) is 15.6 Å². The number of amidine groups is 1. The number of thioether (sulfide) groups is 1. The molecule has 3 aromatic rings. The summed E-state index contributed by atoms with van der Waals surface area (Å²) in [6.45, 7) is 2.97. The summed E-state index contributed by atoms with van der Waals surface area (Å²) < 4.78 is 5.89. The number of carbonyl (C=O) groups is 1. The Labute approximate surface area is 262 Å². The maximum Gasteiger partial charge on any atom is 0.278 e. The molecule has 7 nitrogen and oxygen atoms in total. The van der Waals surface area contributed by atoms with Gasteiger partial charge in [-0.25, -0.2) is 5.01 Å². The van der Waals surface area contributed by atoms with Crippen molar-refractivity contribution in [3.05, 3.63) is 60.7 Å². The van der Waals surface area contributed by atoms with Crippen molar-refractivity contribution < 1.29 is 9.21 Å². The molecule has 1 N–H and O–H groups in total. The van der Waals surface area contributed by atoms with Crippen molar-refractivity contribution in [2.24, 2.45) is 4.99 Å². The van der Waals surface area contributed by atoms with Gasteiger partial charge in [0, 0.05) is 12.1 Å². The monoisotopic (exact) mass is 603 g/mol. The zero-order valence-corrected chi connectivity index (χ0v) is 26.7. The first-order valence-corrected chi connectivity index (χ1v) is 17.4. The van der Waals surface area contributed by atoms with E-state index in [9.17, 15) is 4.79 Å². The number of hydrogen-bond donors (Lipinski definition) is 1. The van der Waals surface area contributed by atoms with Gasteiger partial charge in [0.15, 0.2) is 5.25 Å². The quantitative estimate of drug-likeness (QED) is 0.122. The molecule has 1 aliphatic heterocycles. The minimum atomic E-state index is -0.565. The second-order valence-corrected chi connectivity index (χ2v) is 12.5. The van der Waals surface area contributed by atoms with Crippen molar-refractivity contribution in [1.29, 1.82) is 0 Å². The number of unbranched alkanes of at least 4 members (excludes halogenated alkanes) is 15. The molecule has 1 aromatic heterocycles. The molecule has 1 fully saturated rings. The molecule has 0 saturated carbocycles. The van der Waals surface area contributed by atoms with Crippen molar-refractivity contribution in [2.75, 3.05) is 11.6 Å². The fourth-order valence-corrected chi connectivity index (χ4v) is 6.23. The van der Waals surface area contributed by atoms with Crippen molar-refractivity contribution in [3.8, 4) is 11.5 Å². The van der Waals surface area contributed by atoms with Crippen molar-refractivity contribution >= 4 is 29.2 Å². The molecular formula is C35H49N5O2S. The molecule has 1 saturated heterocycles. The number of aromatic nitrogens is 2. The van der Waals surface area contributed by atoms with Gasteiger partial charge in [-0.15, -0.1) is 10.2 Å². The third-order valence-electron chi connectivity index (χ3n) is 7.87. The highest BCUT2D eigenvalue weighted by molar-refractivity contribution is 8.01. The second kappa shape index (κ2) is 19.2. The number of anilines is 1. The van der Waals surface area contributed by atoms with Crippen LogP contribution < -0.4 is 10.4 Å². The molecule has 1 aliphatic rings. The summed E-state index contributed by atoms with van der Waals surface area (Å²) in [5.74, 6) is 0.980. The molecule has 2 heterocycles. The third kappa shape index (κ3) is 11.1. The van der Waals surface area contributed by atoms with Gasteiger partial charge in [0.05, 0.1) is 5.69 Å². The van der Waals surface area contributed by atoms with E-state index in [1.807, 2.05) is 60.7 Å². The van der Waals surface area contributed by atoms with Gasteiger partial charge in [0.25, 0.3) is 11.1 Å². The first-order chi connectivity index (χ1) is 21.3. The number of carbonyl (C=O) groups excluding carboxylic acids is 1.